The van der Waals surface area contributed by atoms with E-state index in [2.05, 4.69) is 16.4 Å². The molecule has 1 heterocycles. The van der Waals surface area contributed by atoms with Crippen LogP contribution in [0.5, 0.6) is 11.6 Å². The van der Waals surface area contributed by atoms with Gasteiger partial charge in [0.15, 0.2) is 0 Å². The number of nitrogens with zero attached hydrogens (tertiary/aromatic N) is 2. The summed E-state index contributed by atoms with van der Waals surface area (Å²) in [7, 11) is 3.22. The summed E-state index contributed by atoms with van der Waals surface area (Å²) in [5, 5.41) is 12.3. The molecule has 5 nitrogen and oxygen atoms in total. The highest BCUT2D eigenvalue weighted by Gasteiger charge is 2.04. The van der Waals surface area contributed by atoms with Gasteiger partial charge in [-0.2, -0.15) is 5.26 Å². The third-order valence-corrected chi connectivity index (χ3v) is 3.06. The molecule has 2 aromatic rings. The van der Waals surface area contributed by atoms with E-state index in [4.69, 9.17) is 14.7 Å². The van der Waals surface area contributed by atoms with Gasteiger partial charge in [-0.15, -0.1) is 0 Å². The van der Waals surface area contributed by atoms with Gasteiger partial charge in [-0.05, 0) is 29.8 Å². The first-order valence-electron chi connectivity index (χ1n) is 6.53. The van der Waals surface area contributed by atoms with Gasteiger partial charge in [-0.1, -0.05) is 0 Å². The summed E-state index contributed by atoms with van der Waals surface area (Å²) >= 11 is 0. The quantitative estimate of drug-likeness (QED) is 0.880. The second kappa shape index (κ2) is 7.27. The Bertz CT molecular complexity index is 650. The monoisotopic (exact) mass is 283 g/mol. The average molecular weight is 283 g/mol. The molecule has 0 fully saturated rings. The van der Waals surface area contributed by atoms with Gasteiger partial charge in [0.2, 0.25) is 5.88 Å². The van der Waals surface area contributed by atoms with Gasteiger partial charge in [0, 0.05) is 30.9 Å². The Balaban J connectivity index is 2.01. The molecule has 0 saturated heterocycles. The van der Waals surface area contributed by atoms with Crippen LogP contribution in [0, 0.1) is 11.3 Å². The molecule has 5 heteroatoms. The van der Waals surface area contributed by atoms with Crippen LogP contribution in [0.25, 0.3) is 0 Å². The van der Waals surface area contributed by atoms with E-state index in [0.717, 1.165) is 16.9 Å². The maximum atomic E-state index is 8.95. The fourth-order valence-corrected chi connectivity index (χ4v) is 2.00. The van der Waals surface area contributed by atoms with E-state index in [9.17, 15) is 0 Å². The Labute approximate surface area is 124 Å². The summed E-state index contributed by atoms with van der Waals surface area (Å²) in [6, 6.07) is 11.3. The molecule has 108 valence electrons. The number of rotatable bonds is 6. The normalized spacial score (nSPS) is 9.95. The Morgan fingerprint density at radius 1 is 1.14 bits per heavy atom. The molecule has 0 unspecified atom stereocenters. The fraction of sp³-hybridized carbons (Fsp3) is 0.250. The summed E-state index contributed by atoms with van der Waals surface area (Å²) in [6.45, 7) is 1.29. The molecule has 21 heavy (non-hydrogen) atoms. The lowest BCUT2D eigenvalue weighted by atomic mass is 10.1. The highest BCUT2D eigenvalue weighted by atomic mass is 16.5. The Hall–Kier alpha value is -2.58. The van der Waals surface area contributed by atoms with Crippen LogP contribution in [0.2, 0.25) is 0 Å². The molecule has 0 atom stereocenters. The molecule has 0 bridgehead atoms. The van der Waals surface area contributed by atoms with Gasteiger partial charge in [0.1, 0.15) is 5.75 Å². The first kappa shape index (κ1) is 14.8. The Kier molecular flexibility index (Phi) is 5.13. The Morgan fingerprint density at radius 2 is 2.00 bits per heavy atom. The van der Waals surface area contributed by atoms with Crippen molar-refractivity contribution in [1.82, 2.24) is 10.3 Å². The fourth-order valence-electron chi connectivity index (χ4n) is 2.00. The third-order valence-electron chi connectivity index (χ3n) is 3.06. The molecule has 0 spiro atoms. The van der Waals surface area contributed by atoms with Crippen LogP contribution in [0.15, 0.2) is 36.5 Å². The third kappa shape index (κ3) is 3.94. The van der Waals surface area contributed by atoms with E-state index in [1.165, 1.54) is 0 Å². The van der Waals surface area contributed by atoms with E-state index in [-0.39, 0.29) is 0 Å². The minimum absolute atomic E-state index is 0.596. The first-order chi connectivity index (χ1) is 10.3. The van der Waals surface area contributed by atoms with Crippen molar-refractivity contribution in [1.29, 1.82) is 5.26 Å². The highest BCUT2D eigenvalue weighted by Crippen LogP contribution is 2.19. The topological polar surface area (TPSA) is 67.2 Å². The molecule has 0 aliphatic carbocycles. The molecule has 0 saturated carbocycles. The van der Waals surface area contributed by atoms with Gasteiger partial charge in [-0.25, -0.2) is 4.98 Å². The van der Waals surface area contributed by atoms with Crippen molar-refractivity contribution in [2.45, 2.75) is 13.1 Å². The van der Waals surface area contributed by atoms with Crippen molar-refractivity contribution < 1.29 is 9.47 Å². The van der Waals surface area contributed by atoms with E-state index < -0.39 is 0 Å². The molecular formula is C16H17N3O2. The standard InChI is InChI=1S/C16H17N3O2/c1-20-15-4-3-12(9-17)7-14(15)11-18-10-13-5-6-19-16(8-13)21-2/h3-8,18H,10-11H2,1-2H3. The van der Waals surface area contributed by atoms with Gasteiger partial charge in [0.05, 0.1) is 25.9 Å². The van der Waals surface area contributed by atoms with Crippen molar-refractivity contribution >= 4 is 0 Å². The lowest BCUT2D eigenvalue weighted by Crippen LogP contribution is -2.13. The van der Waals surface area contributed by atoms with Crippen molar-refractivity contribution in [2.24, 2.45) is 0 Å². The molecule has 1 N–H and O–H groups in total. The highest BCUT2D eigenvalue weighted by molar-refractivity contribution is 5.42. The molecule has 1 aromatic heterocycles. The number of nitrogens with one attached hydrogen (secondary N) is 1. The lowest BCUT2D eigenvalue weighted by Gasteiger charge is -2.10. The van der Waals surface area contributed by atoms with Gasteiger partial charge in [-0.3, -0.25) is 0 Å². The predicted molar refractivity (Wildman–Crippen MR) is 79.0 cm³/mol. The van der Waals surface area contributed by atoms with Crippen LogP contribution in [0.4, 0.5) is 0 Å². The van der Waals surface area contributed by atoms with E-state index in [1.807, 2.05) is 24.3 Å². The van der Waals surface area contributed by atoms with Crippen LogP contribution < -0.4 is 14.8 Å². The average Bonchev–Trinajstić information content (AvgIpc) is 2.55. The number of nitriles is 1. The van der Waals surface area contributed by atoms with Crippen LogP contribution in [-0.4, -0.2) is 19.2 Å². The van der Waals surface area contributed by atoms with Gasteiger partial charge >= 0.3 is 0 Å². The van der Waals surface area contributed by atoms with Crippen molar-refractivity contribution in [2.75, 3.05) is 14.2 Å². The molecule has 1 aromatic carbocycles. The second-order valence-corrected chi connectivity index (χ2v) is 4.45. The zero-order valence-electron chi connectivity index (χ0n) is 12.1. The summed E-state index contributed by atoms with van der Waals surface area (Å²) < 4.78 is 10.4. The van der Waals surface area contributed by atoms with Crippen molar-refractivity contribution in [3.05, 3.63) is 53.2 Å². The molecular weight excluding hydrogens is 266 g/mol. The van der Waals surface area contributed by atoms with Gasteiger partial charge in [0.25, 0.3) is 0 Å². The van der Waals surface area contributed by atoms with Gasteiger partial charge < -0.3 is 14.8 Å². The Morgan fingerprint density at radius 3 is 2.71 bits per heavy atom. The number of benzene rings is 1. The number of ether oxygens (including phenoxy) is 2. The number of methoxy groups -OCH3 is 2. The zero-order valence-corrected chi connectivity index (χ0v) is 12.1. The zero-order chi connectivity index (χ0) is 15.1. The minimum Gasteiger partial charge on any atom is -0.496 e. The molecule has 2 rings (SSSR count). The van der Waals surface area contributed by atoms with E-state index in [0.29, 0.717) is 24.5 Å². The van der Waals surface area contributed by atoms with Crippen molar-refractivity contribution in [3.63, 3.8) is 0 Å². The lowest BCUT2D eigenvalue weighted by molar-refractivity contribution is 0.397. The summed E-state index contributed by atoms with van der Waals surface area (Å²) in [5.74, 6) is 1.37. The van der Waals surface area contributed by atoms with E-state index >= 15 is 0 Å². The molecule has 0 aliphatic rings. The van der Waals surface area contributed by atoms with Crippen LogP contribution in [0.1, 0.15) is 16.7 Å². The molecule has 0 amide bonds. The smallest absolute Gasteiger partial charge is 0.213 e. The maximum absolute atomic E-state index is 8.95. The molecule has 0 radical (unpaired) electrons. The van der Waals surface area contributed by atoms with E-state index in [1.54, 1.807) is 26.5 Å². The largest absolute Gasteiger partial charge is 0.496 e. The number of aromatic nitrogens is 1. The number of hydrogen-bond donors (Lipinski definition) is 1. The maximum Gasteiger partial charge on any atom is 0.213 e. The molecule has 0 aliphatic heterocycles. The summed E-state index contributed by atoms with van der Waals surface area (Å²) in [6.07, 6.45) is 1.72. The van der Waals surface area contributed by atoms with Crippen LogP contribution in [0.3, 0.4) is 0 Å². The SMILES string of the molecule is COc1cc(CNCc2cc(C#N)ccc2OC)ccn1. The predicted octanol–water partition coefficient (Wildman–Crippen LogP) is 2.26. The van der Waals surface area contributed by atoms with Crippen molar-refractivity contribution in [3.8, 4) is 17.7 Å². The summed E-state index contributed by atoms with van der Waals surface area (Å²) in [4.78, 5) is 4.07. The minimum atomic E-state index is 0.596. The second-order valence-electron chi connectivity index (χ2n) is 4.45. The van der Waals surface area contributed by atoms with Crippen LogP contribution >= 0.6 is 0 Å². The number of pyridine rings is 1. The number of hydrogen-bond acceptors (Lipinski definition) is 5. The summed E-state index contributed by atoms with van der Waals surface area (Å²) in [5.41, 5.74) is 2.66. The van der Waals surface area contributed by atoms with Crippen LogP contribution in [-0.2, 0) is 13.1 Å². The first-order valence-corrected chi connectivity index (χ1v) is 6.53.